The SMILES string of the molecule is COc1ccc(OC)c2c1CN(CN1C(=O)[C@H](C)N(c3ccccc3)C1=O)C[C@H]2O. The molecule has 1 saturated heterocycles. The summed E-state index contributed by atoms with van der Waals surface area (Å²) in [7, 11) is 3.13. The molecule has 0 unspecified atom stereocenters. The molecule has 0 bridgehead atoms. The van der Waals surface area contributed by atoms with Gasteiger partial charge < -0.3 is 14.6 Å². The fourth-order valence-electron chi connectivity index (χ4n) is 4.23. The molecular weight excluding hydrogens is 386 g/mol. The maximum Gasteiger partial charge on any atom is 0.333 e. The zero-order valence-corrected chi connectivity index (χ0v) is 17.2. The number of methoxy groups -OCH3 is 2. The molecule has 8 nitrogen and oxygen atoms in total. The fraction of sp³-hybridized carbons (Fsp3) is 0.364. The Bertz CT molecular complexity index is 965. The van der Waals surface area contributed by atoms with Crippen LogP contribution in [0, 0.1) is 0 Å². The second-order valence-corrected chi connectivity index (χ2v) is 7.46. The minimum Gasteiger partial charge on any atom is -0.496 e. The molecule has 0 saturated carbocycles. The number of hydrogen-bond acceptors (Lipinski definition) is 6. The van der Waals surface area contributed by atoms with E-state index in [9.17, 15) is 14.7 Å². The van der Waals surface area contributed by atoms with Crippen LogP contribution in [-0.4, -0.2) is 60.3 Å². The molecule has 2 aliphatic heterocycles. The van der Waals surface area contributed by atoms with Crippen LogP contribution in [0.15, 0.2) is 42.5 Å². The van der Waals surface area contributed by atoms with Gasteiger partial charge in [-0.3, -0.25) is 14.6 Å². The van der Waals surface area contributed by atoms with Crippen molar-refractivity contribution in [1.29, 1.82) is 0 Å². The van der Waals surface area contributed by atoms with Crippen LogP contribution in [0.25, 0.3) is 0 Å². The maximum absolute atomic E-state index is 13.0. The Hall–Kier alpha value is -3.10. The summed E-state index contributed by atoms with van der Waals surface area (Å²) in [5.74, 6) is 0.963. The lowest BCUT2D eigenvalue weighted by atomic mass is 9.95. The van der Waals surface area contributed by atoms with E-state index in [0.29, 0.717) is 29.3 Å². The number of aliphatic hydroxyl groups is 1. The van der Waals surface area contributed by atoms with Gasteiger partial charge in [-0.2, -0.15) is 0 Å². The van der Waals surface area contributed by atoms with E-state index in [1.165, 1.54) is 9.80 Å². The Balaban J connectivity index is 1.59. The number of imide groups is 1. The third-order valence-corrected chi connectivity index (χ3v) is 5.68. The number of ether oxygens (including phenoxy) is 2. The van der Waals surface area contributed by atoms with Gasteiger partial charge in [0.2, 0.25) is 0 Å². The van der Waals surface area contributed by atoms with Crippen LogP contribution in [0.4, 0.5) is 10.5 Å². The van der Waals surface area contributed by atoms with Gasteiger partial charge >= 0.3 is 6.03 Å². The number of carbonyl (C=O) groups excluding carboxylic acids is 2. The Labute approximate surface area is 175 Å². The van der Waals surface area contributed by atoms with Crippen molar-refractivity contribution in [3.05, 3.63) is 53.6 Å². The molecule has 0 aliphatic carbocycles. The number of fused-ring (bicyclic) bond motifs is 1. The summed E-state index contributed by atoms with van der Waals surface area (Å²) in [6.07, 6.45) is -0.825. The zero-order chi connectivity index (χ0) is 21.4. The van der Waals surface area contributed by atoms with E-state index >= 15 is 0 Å². The lowest BCUT2D eigenvalue weighted by Gasteiger charge is -2.35. The molecule has 2 aliphatic rings. The van der Waals surface area contributed by atoms with Crippen molar-refractivity contribution in [3.63, 3.8) is 0 Å². The van der Waals surface area contributed by atoms with Crippen molar-refractivity contribution in [1.82, 2.24) is 9.80 Å². The molecule has 2 aromatic rings. The Kier molecular flexibility index (Phi) is 5.36. The van der Waals surface area contributed by atoms with Crippen molar-refractivity contribution in [2.45, 2.75) is 25.6 Å². The number of benzene rings is 2. The van der Waals surface area contributed by atoms with Gasteiger partial charge in [0.15, 0.2) is 0 Å². The van der Waals surface area contributed by atoms with Crippen LogP contribution in [0.1, 0.15) is 24.2 Å². The predicted octanol–water partition coefficient (Wildman–Crippen LogP) is 2.37. The number of nitrogens with zero attached hydrogens (tertiary/aromatic N) is 3. The van der Waals surface area contributed by atoms with Crippen LogP contribution in [-0.2, 0) is 11.3 Å². The molecule has 0 radical (unpaired) electrons. The van der Waals surface area contributed by atoms with Crippen molar-refractivity contribution in [2.24, 2.45) is 0 Å². The predicted molar refractivity (Wildman–Crippen MR) is 110 cm³/mol. The topological polar surface area (TPSA) is 82.6 Å². The van der Waals surface area contributed by atoms with Crippen molar-refractivity contribution in [2.75, 3.05) is 32.3 Å². The zero-order valence-electron chi connectivity index (χ0n) is 17.2. The van der Waals surface area contributed by atoms with Gasteiger partial charge in [0.25, 0.3) is 5.91 Å². The van der Waals surface area contributed by atoms with Crippen molar-refractivity contribution < 1.29 is 24.2 Å². The first kappa shape index (κ1) is 20.2. The van der Waals surface area contributed by atoms with E-state index in [-0.39, 0.29) is 25.2 Å². The Morgan fingerprint density at radius 3 is 2.37 bits per heavy atom. The molecule has 2 heterocycles. The molecule has 2 aromatic carbocycles. The van der Waals surface area contributed by atoms with Gasteiger partial charge in [-0.25, -0.2) is 9.69 Å². The van der Waals surface area contributed by atoms with E-state index in [1.807, 2.05) is 35.2 Å². The number of carbonyl (C=O) groups is 2. The summed E-state index contributed by atoms with van der Waals surface area (Å²) in [6, 6.07) is 11.8. The minimum absolute atomic E-state index is 0.0855. The first-order valence-corrected chi connectivity index (χ1v) is 9.80. The molecule has 8 heteroatoms. The van der Waals surface area contributed by atoms with Gasteiger partial charge in [-0.05, 0) is 31.2 Å². The summed E-state index contributed by atoms with van der Waals surface area (Å²) in [5.41, 5.74) is 2.16. The van der Waals surface area contributed by atoms with Crippen molar-refractivity contribution in [3.8, 4) is 11.5 Å². The van der Waals surface area contributed by atoms with Gasteiger partial charge in [-0.1, -0.05) is 18.2 Å². The number of para-hydroxylation sites is 1. The highest BCUT2D eigenvalue weighted by Gasteiger charge is 2.44. The summed E-state index contributed by atoms with van der Waals surface area (Å²) in [4.78, 5) is 30.5. The number of β-amino-alcohol motifs (C(OH)–C–C–N with tert-alkyl or cyclic N) is 1. The monoisotopic (exact) mass is 411 g/mol. The maximum atomic E-state index is 13.0. The molecule has 30 heavy (non-hydrogen) atoms. The molecule has 3 amide bonds. The van der Waals surface area contributed by atoms with E-state index in [4.69, 9.17) is 9.47 Å². The molecule has 0 aromatic heterocycles. The number of aliphatic hydroxyl groups excluding tert-OH is 1. The van der Waals surface area contributed by atoms with E-state index in [1.54, 1.807) is 33.3 Å². The minimum atomic E-state index is -0.825. The Morgan fingerprint density at radius 2 is 1.70 bits per heavy atom. The summed E-state index contributed by atoms with van der Waals surface area (Å²) in [6.45, 7) is 2.50. The molecule has 0 spiro atoms. The highest BCUT2D eigenvalue weighted by molar-refractivity contribution is 6.14. The van der Waals surface area contributed by atoms with E-state index in [0.717, 1.165) is 5.56 Å². The molecule has 4 rings (SSSR count). The van der Waals surface area contributed by atoms with Crippen molar-refractivity contribution >= 4 is 17.6 Å². The third-order valence-electron chi connectivity index (χ3n) is 5.68. The molecule has 2 atom stereocenters. The summed E-state index contributed by atoms with van der Waals surface area (Å²) < 4.78 is 10.9. The van der Waals surface area contributed by atoms with Gasteiger partial charge in [0.05, 0.1) is 27.0 Å². The quantitative estimate of drug-likeness (QED) is 0.761. The second kappa shape index (κ2) is 7.97. The van der Waals surface area contributed by atoms with Crippen LogP contribution in [0.3, 0.4) is 0 Å². The van der Waals surface area contributed by atoms with Gasteiger partial charge in [0.1, 0.15) is 17.5 Å². The highest BCUT2D eigenvalue weighted by Crippen LogP contribution is 2.39. The van der Waals surface area contributed by atoms with Gasteiger partial charge in [-0.15, -0.1) is 0 Å². The molecule has 158 valence electrons. The Morgan fingerprint density at radius 1 is 1.03 bits per heavy atom. The standard InChI is InChI=1S/C22H25N3O5/c1-14-21(27)24(22(28)25(14)15-7-5-4-6-8-15)13-23-11-16-18(29-2)9-10-19(30-3)20(16)17(26)12-23/h4-10,14,17,26H,11-13H2,1-3H3/t14-,17+/m0/s1. The molecule has 1 N–H and O–H groups in total. The van der Waals surface area contributed by atoms with E-state index in [2.05, 4.69) is 0 Å². The van der Waals surface area contributed by atoms with Crippen LogP contribution < -0.4 is 14.4 Å². The highest BCUT2D eigenvalue weighted by atomic mass is 16.5. The number of urea groups is 1. The second-order valence-electron chi connectivity index (χ2n) is 7.46. The lowest BCUT2D eigenvalue weighted by molar-refractivity contribution is -0.128. The average Bonchev–Trinajstić information content (AvgIpc) is 2.96. The lowest BCUT2D eigenvalue weighted by Crippen LogP contribution is -2.45. The largest absolute Gasteiger partial charge is 0.496 e. The fourth-order valence-corrected chi connectivity index (χ4v) is 4.23. The smallest absolute Gasteiger partial charge is 0.333 e. The normalized spacial score (nSPS) is 21.7. The number of anilines is 1. The average molecular weight is 411 g/mol. The van der Waals surface area contributed by atoms with Gasteiger partial charge in [0, 0.05) is 29.9 Å². The molecule has 1 fully saturated rings. The number of rotatable bonds is 5. The first-order valence-electron chi connectivity index (χ1n) is 9.80. The number of hydrogen-bond donors (Lipinski definition) is 1. The van der Waals surface area contributed by atoms with Crippen LogP contribution >= 0.6 is 0 Å². The van der Waals surface area contributed by atoms with Crippen LogP contribution in [0.2, 0.25) is 0 Å². The van der Waals surface area contributed by atoms with E-state index < -0.39 is 12.1 Å². The van der Waals surface area contributed by atoms with Crippen LogP contribution in [0.5, 0.6) is 11.5 Å². The summed E-state index contributed by atoms with van der Waals surface area (Å²) >= 11 is 0. The third kappa shape index (κ3) is 3.28. The summed E-state index contributed by atoms with van der Waals surface area (Å²) in [5, 5.41) is 10.8. The first-order chi connectivity index (χ1) is 14.5. The number of amides is 3. The molecular formula is C22H25N3O5.